The molecule has 0 aromatic rings. The van der Waals surface area contributed by atoms with Crippen molar-refractivity contribution in [2.45, 2.75) is 66.0 Å². The van der Waals surface area contributed by atoms with Gasteiger partial charge in [0, 0.05) is 7.11 Å². The maximum absolute atomic E-state index is 12.5. The molecule has 130 valence electrons. The predicted octanol–water partition coefficient (Wildman–Crippen LogP) is 3.20. The van der Waals surface area contributed by atoms with Crippen molar-refractivity contribution in [2.24, 2.45) is 5.92 Å². The van der Waals surface area contributed by atoms with E-state index in [0.717, 1.165) is 0 Å². The first-order chi connectivity index (χ1) is 10.0. The van der Waals surface area contributed by atoms with E-state index in [9.17, 15) is 9.59 Å². The molecule has 2 atom stereocenters. The molecule has 0 heterocycles. The number of amides is 1. The number of hydrogen-bond donors (Lipinski definition) is 0. The Kier molecular flexibility index (Phi) is 7.87. The summed E-state index contributed by atoms with van der Waals surface area (Å²) in [6.07, 6.45) is 0.114. The Morgan fingerprint density at radius 2 is 1.68 bits per heavy atom. The van der Waals surface area contributed by atoms with Gasteiger partial charge in [-0.3, -0.25) is 4.90 Å². The predicted molar refractivity (Wildman–Crippen MR) is 84.4 cm³/mol. The minimum Gasteiger partial charge on any atom is -0.464 e. The summed E-state index contributed by atoms with van der Waals surface area (Å²) in [5.74, 6) is -0.568. The third-order valence-corrected chi connectivity index (χ3v) is 3.69. The molecule has 0 fully saturated rings. The molecule has 0 N–H and O–H groups in total. The Morgan fingerprint density at radius 1 is 1.14 bits per heavy atom. The second-order valence-electron chi connectivity index (χ2n) is 6.50. The van der Waals surface area contributed by atoms with Crippen molar-refractivity contribution in [1.29, 1.82) is 0 Å². The molecule has 0 saturated heterocycles. The van der Waals surface area contributed by atoms with Gasteiger partial charge in [-0.05, 0) is 40.5 Å². The zero-order valence-electron chi connectivity index (χ0n) is 15.2. The van der Waals surface area contributed by atoms with E-state index in [-0.39, 0.29) is 19.3 Å². The highest BCUT2D eigenvalue weighted by Crippen LogP contribution is 2.30. The van der Waals surface area contributed by atoms with Gasteiger partial charge >= 0.3 is 12.1 Å². The van der Waals surface area contributed by atoms with Crippen molar-refractivity contribution in [3.05, 3.63) is 0 Å². The summed E-state index contributed by atoms with van der Waals surface area (Å²) in [4.78, 5) is 26.4. The van der Waals surface area contributed by atoms with Crippen LogP contribution in [0.3, 0.4) is 0 Å². The number of carbonyl (C=O) groups is 2. The minimum atomic E-state index is -1.15. The number of rotatable bonds is 7. The van der Waals surface area contributed by atoms with Crippen molar-refractivity contribution < 1.29 is 23.8 Å². The fourth-order valence-electron chi connectivity index (χ4n) is 2.07. The van der Waals surface area contributed by atoms with Gasteiger partial charge in [-0.1, -0.05) is 20.3 Å². The van der Waals surface area contributed by atoms with Gasteiger partial charge in [-0.25, -0.2) is 9.59 Å². The zero-order valence-corrected chi connectivity index (χ0v) is 15.2. The van der Waals surface area contributed by atoms with Crippen molar-refractivity contribution in [2.75, 3.05) is 20.4 Å². The summed E-state index contributed by atoms with van der Waals surface area (Å²) in [6.45, 7) is 12.8. The van der Waals surface area contributed by atoms with E-state index in [1.54, 1.807) is 34.6 Å². The highest BCUT2D eigenvalue weighted by atomic mass is 16.6. The lowest BCUT2D eigenvalue weighted by molar-refractivity contribution is -0.164. The van der Waals surface area contributed by atoms with Crippen LogP contribution in [0.15, 0.2) is 0 Å². The van der Waals surface area contributed by atoms with Gasteiger partial charge in [-0.2, -0.15) is 0 Å². The van der Waals surface area contributed by atoms with Crippen LogP contribution < -0.4 is 0 Å². The van der Waals surface area contributed by atoms with Crippen LogP contribution in [0, 0.1) is 5.92 Å². The Morgan fingerprint density at radius 3 is 2.05 bits per heavy atom. The summed E-state index contributed by atoms with van der Waals surface area (Å²) < 4.78 is 15.7. The lowest BCUT2D eigenvalue weighted by Crippen LogP contribution is -2.60. The average Bonchev–Trinajstić information content (AvgIpc) is 2.41. The molecule has 0 aromatic heterocycles. The van der Waals surface area contributed by atoms with E-state index in [4.69, 9.17) is 14.2 Å². The monoisotopic (exact) mass is 317 g/mol. The second-order valence-corrected chi connectivity index (χ2v) is 6.50. The van der Waals surface area contributed by atoms with Gasteiger partial charge in [0.2, 0.25) is 0 Å². The normalized spacial score (nSPS) is 15.6. The molecule has 1 amide bonds. The van der Waals surface area contributed by atoms with Crippen molar-refractivity contribution in [3.8, 4) is 0 Å². The third-order valence-electron chi connectivity index (χ3n) is 3.69. The van der Waals surface area contributed by atoms with Crippen LogP contribution in [0.4, 0.5) is 4.79 Å². The standard InChI is InChI=1S/C16H31NO5/c1-9-12(3)16(7,13(18)21-10-2)17(11-20-8)14(19)22-15(4,5)6/h12H,9-11H2,1-8H3/t12-,16+/m0/s1. The fraction of sp³-hybridized carbons (Fsp3) is 0.875. The molecule has 0 unspecified atom stereocenters. The van der Waals surface area contributed by atoms with E-state index < -0.39 is 23.2 Å². The summed E-state index contributed by atoms with van der Waals surface area (Å²) >= 11 is 0. The van der Waals surface area contributed by atoms with Gasteiger partial charge in [0.15, 0.2) is 0 Å². The maximum atomic E-state index is 12.5. The van der Waals surface area contributed by atoms with Crippen molar-refractivity contribution in [3.63, 3.8) is 0 Å². The smallest absolute Gasteiger partial charge is 0.413 e. The molecule has 0 aliphatic rings. The highest BCUT2D eigenvalue weighted by Gasteiger charge is 2.48. The third kappa shape index (κ3) is 5.16. The molecule has 6 nitrogen and oxygen atoms in total. The first-order valence-electron chi connectivity index (χ1n) is 7.71. The fourth-order valence-corrected chi connectivity index (χ4v) is 2.07. The Hall–Kier alpha value is -1.30. The maximum Gasteiger partial charge on any atom is 0.413 e. The van der Waals surface area contributed by atoms with Crippen LogP contribution in [0.1, 0.15) is 54.9 Å². The van der Waals surface area contributed by atoms with Crippen LogP contribution in [0.2, 0.25) is 0 Å². The van der Waals surface area contributed by atoms with Crippen LogP contribution in [-0.2, 0) is 19.0 Å². The summed E-state index contributed by atoms with van der Waals surface area (Å²) in [6, 6.07) is 0. The molecule has 0 aliphatic carbocycles. The zero-order chi connectivity index (χ0) is 17.6. The van der Waals surface area contributed by atoms with E-state index in [1.165, 1.54) is 12.0 Å². The number of hydrogen-bond acceptors (Lipinski definition) is 5. The Balaban J connectivity index is 5.67. The van der Waals surface area contributed by atoms with Crippen molar-refractivity contribution in [1.82, 2.24) is 4.90 Å². The summed E-state index contributed by atoms with van der Waals surface area (Å²) in [5.41, 5.74) is -1.81. The minimum absolute atomic E-state index is 0.0471. The van der Waals surface area contributed by atoms with E-state index >= 15 is 0 Å². The Bertz CT molecular complexity index is 377. The quantitative estimate of drug-likeness (QED) is 0.533. The molecular weight excluding hydrogens is 286 g/mol. The SMILES string of the molecule is CCOC(=O)[C@@](C)([C@@H](C)CC)N(COC)C(=O)OC(C)(C)C. The lowest BCUT2D eigenvalue weighted by atomic mass is 9.83. The molecule has 0 saturated carbocycles. The van der Waals surface area contributed by atoms with Gasteiger partial charge in [0.1, 0.15) is 17.9 Å². The summed E-state index contributed by atoms with van der Waals surface area (Å²) in [5, 5.41) is 0. The van der Waals surface area contributed by atoms with Gasteiger partial charge in [-0.15, -0.1) is 0 Å². The van der Waals surface area contributed by atoms with Crippen LogP contribution in [-0.4, -0.2) is 48.5 Å². The van der Waals surface area contributed by atoms with E-state index in [0.29, 0.717) is 6.42 Å². The summed E-state index contributed by atoms with van der Waals surface area (Å²) in [7, 11) is 1.47. The number of ether oxygens (including phenoxy) is 3. The second kappa shape index (κ2) is 8.36. The van der Waals surface area contributed by atoms with Gasteiger partial charge < -0.3 is 14.2 Å². The van der Waals surface area contributed by atoms with Crippen LogP contribution in [0.25, 0.3) is 0 Å². The van der Waals surface area contributed by atoms with Gasteiger partial charge in [0.25, 0.3) is 0 Å². The largest absolute Gasteiger partial charge is 0.464 e. The molecule has 6 heteroatoms. The molecular formula is C16H31NO5. The number of methoxy groups -OCH3 is 1. The van der Waals surface area contributed by atoms with E-state index in [2.05, 4.69) is 0 Å². The molecule has 0 aliphatic heterocycles. The number of esters is 1. The highest BCUT2D eigenvalue weighted by molar-refractivity contribution is 5.85. The van der Waals surface area contributed by atoms with E-state index in [1.807, 2.05) is 13.8 Å². The van der Waals surface area contributed by atoms with Crippen LogP contribution >= 0.6 is 0 Å². The molecule has 0 aromatic carbocycles. The van der Waals surface area contributed by atoms with Crippen molar-refractivity contribution >= 4 is 12.1 Å². The molecule has 0 rings (SSSR count). The molecule has 22 heavy (non-hydrogen) atoms. The average molecular weight is 317 g/mol. The molecule has 0 spiro atoms. The Labute approximate surface area is 134 Å². The number of nitrogens with zero attached hydrogens (tertiary/aromatic N) is 1. The topological polar surface area (TPSA) is 65.1 Å². The first-order valence-corrected chi connectivity index (χ1v) is 7.71. The number of carbonyl (C=O) groups excluding carboxylic acids is 2. The lowest BCUT2D eigenvalue weighted by Gasteiger charge is -2.42. The molecule has 0 bridgehead atoms. The first kappa shape index (κ1) is 20.7. The van der Waals surface area contributed by atoms with Crippen LogP contribution in [0.5, 0.6) is 0 Å². The molecule has 0 radical (unpaired) electrons. The van der Waals surface area contributed by atoms with Gasteiger partial charge in [0.05, 0.1) is 6.61 Å².